The highest BCUT2D eigenvalue weighted by Crippen LogP contribution is 2.36. The molecule has 1 amide bonds. The van der Waals surface area contributed by atoms with Crippen molar-refractivity contribution in [1.82, 2.24) is 5.32 Å². The van der Waals surface area contributed by atoms with E-state index in [0.717, 1.165) is 16.6 Å². The highest BCUT2D eigenvalue weighted by Gasteiger charge is 2.51. The monoisotopic (exact) mass is 439 g/mol. The van der Waals surface area contributed by atoms with E-state index in [1.807, 2.05) is 82.3 Å². The Balaban J connectivity index is 1.53. The molecule has 1 fully saturated rings. The molecule has 1 heterocycles. The first-order valence-corrected chi connectivity index (χ1v) is 10.7. The molecule has 0 radical (unpaired) electrons. The number of carboxylic acid groups (broad SMARTS) is 1. The first-order chi connectivity index (χ1) is 15.1. The summed E-state index contributed by atoms with van der Waals surface area (Å²) >= 11 is 0. The maximum atomic E-state index is 12.2. The van der Waals surface area contributed by atoms with Crippen LogP contribution in [0.25, 0.3) is 0 Å². The molecule has 2 aromatic rings. The lowest BCUT2D eigenvalue weighted by atomic mass is 9.78. The first-order valence-electron chi connectivity index (χ1n) is 10.7. The molecule has 0 aliphatic carbocycles. The third kappa shape index (κ3) is 5.97. The minimum absolute atomic E-state index is 0.156. The Labute approximate surface area is 189 Å². The molecular formula is C24H30BNO6. The topological polar surface area (TPSA) is 94.1 Å². The van der Waals surface area contributed by atoms with Crippen molar-refractivity contribution in [3.63, 3.8) is 0 Å². The van der Waals surface area contributed by atoms with Crippen LogP contribution in [0.15, 0.2) is 54.6 Å². The second-order valence-corrected chi connectivity index (χ2v) is 8.97. The highest BCUT2D eigenvalue weighted by atomic mass is 16.7. The Morgan fingerprint density at radius 2 is 1.56 bits per heavy atom. The van der Waals surface area contributed by atoms with E-state index < -0.39 is 36.2 Å². The lowest BCUT2D eigenvalue weighted by Crippen LogP contribution is -2.44. The Kier molecular flexibility index (Phi) is 7.38. The number of hydrogen-bond donors (Lipinski definition) is 2. The molecule has 1 aliphatic heterocycles. The minimum atomic E-state index is -1.10. The predicted octanol–water partition coefficient (Wildman–Crippen LogP) is 2.31. The molecule has 0 bridgehead atoms. The van der Waals surface area contributed by atoms with Crippen molar-refractivity contribution in [2.45, 2.75) is 58.0 Å². The van der Waals surface area contributed by atoms with Crippen molar-refractivity contribution in [3.8, 4) is 0 Å². The molecule has 2 N–H and O–H groups in total. The van der Waals surface area contributed by atoms with Crippen LogP contribution < -0.4 is 10.8 Å². The maximum absolute atomic E-state index is 12.2. The summed E-state index contributed by atoms with van der Waals surface area (Å²) in [6, 6.07) is 15.8. The van der Waals surface area contributed by atoms with E-state index >= 15 is 0 Å². The average Bonchev–Trinajstić information content (AvgIpc) is 2.96. The molecule has 3 rings (SSSR count). The van der Waals surface area contributed by atoms with E-state index in [1.54, 1.807) is 0 Å². The molecule has 1 atom stereocenters. The third-order valence-corrected chi connectivity index (χ3v) is 5.92. The minimum Gasteiger partial charge on any atom is -0.480 e. The number of carboxylic acids is 1. The Hall–Kier alpha value is -2.68. The second kappa shape index (κ2) is 9.86. The molecule has 2 aromatic carbocycles. The highest BCUT2D eigenvalue weighted by molar-refractivity contribution is 6.62. The molecular weight excluding hydrogens is 409 g/mol. The zero-order valence-corrected chi connectivity index (χ0v) is 19.0. The van der Waals surface area contributed by atoms with Crippen LogP contribution in [-0.2, 0) is 36.7 Å². The van der Waals surface area contributed by atoms with Gasteiger partial charge in [0, 0.05) is 6.42 Å². The number of benzene rings is 2. The SMILES string of the molecule is CC1(C)OB(c2ccc(C[C@H](NC(=O)COCc3ccccc3)C(=O)O)cc2)OC1(C)C. The summed E-state index contributed by atoms with van der Waals surface area (Å²) in [5, 5.41) is 12.1. The molecule has 32 heavy (non-hydrogen) atoms. The van der Waals surface area contributed by atoms with Gasteiger partial charge >= 0.3 is 13.1 Å². The average molecular weight is 439 g/mol. The van der Waals surface area contributed by atoms with Gasteiger partial charge in [-0.25, -0.2) is 4.79 Å². The number of carbonyl (C=O) groups is 2. The summed E-state index contributed by atoms with van der Waals surface area (Å²) in [5.74, 6) is -1.57. The van der Waals surface area contributed by atoms with Gasteiger partial charge in [0.2, 0.25) is 5.91 Å². The lowest BCUT2D eigenvalue weighted by molar-refractivity contribution is -0.142. The number of rotatable bonds is 9. The van der Waals surface area contributed by atoms with E-state index in [-0.39, 0.29) is 19.6 Å². The molecule has 0 saturated carbocycles. The summed E-state index contributed by atoms with van der Waals surface area (Å²) in [5.41, 5.74) is 1.72. The van der Waals surface area contributed by atoms with Crippen molar-refractivity contribution >= 4 is 24.5 Å². The van der Waals surface area contributed by atoms with E-state index in [1.165, 1.54) is 0 Å². The number of amides is 1. The summed E-state index contributed by atoms with van der Waals surface area (Å²) < 4.78 is 17.5. The molecule has 170 valence electrons. The smallest absolute Gasteiger partial charge is 0.480 e. The fourth-order valence-electron chi connectivity index (χ4n) is 3.30. The van der Waals surface area contributed by atoms with Gasteiger partial charge in [0.05, 0.1) is 17.8 Å². The Morgan fingerprint density at radius 3 is 2.12 bits per heavy atom. The zero-order chi connectivity index (χ0) is 23.4. The summed E-state index contributed by atoms with van der Waals surface area (Å²) in [7, 11) is -0.481. The fraction of sp³-hybridized carbons (Fsp3) is 0.417. The number of carbonyl (C=O) groups excluding carboxylic acids is 1. The van der Waals surface area contributed by atoms with Gasteiger partial charge in [-0.2, -0.15) is 0 Å². The van der Waals surface area contributed by atoms with Crippen LogP contribution in [0.4, 0.5) is 0 Å². The Bertz CT molecular complexity index is 913. The molecule has 8 heteroatoms. The Morgan fingerprint density at radius 1 is 0.969 bits per heavy atom. The normalized spacial score (nSPS) is 17.7. The van der Waals surface area contributed by atoms with Gasteiger partial charge in [0.15, 0.2) is 0 Å². The van der Waals surface area contributed by atoms with Crippen LogP contribution in [0.2, 0.25) is 0 Å². The van der Waals surface area contributed by atoms with E-state index in [9.17, 15) is 14.7 Å². The first kappa shape index (κ1) is 24.0. The molecule has 0 aromatic heterocycles. The number of ether oxygens (including phenoxy) is 1. The molecule has 1 aliphatic rings. The summed E-state index contributed by atoms with van der Waals surface area (Å²) in [6.07, 6.45) is 0.156. The largest absolute Gasteiger partial charge is 0.494 e. The molecule has 0 unspecified atom stereocenters. The number of hydrogen-bond acceptors (Lipinski definition) is 5. The van der Waals surface area contributed by atoms with E-state index in [2.05, 4.69) is 5.32 Å². The van der Waals surface area contributed by atoms with E-state index in [0.29, 0.717) is 0 Å². The van der Waals surface area contributed by atoms with Gasteiger partial charge in [-0.3, -0.25) is 4.79 Å². The van der Waals surface area contributed by atoms with Gasteiger partial charge < -0.3 is 24.5 Å². The lowest BCUT2D eigenvalue weighted by Gasteiger charge is -2.32. The van der Waals surface area contributed by atoms with Crippen LogP contribution in [0, 0.1) is 0 Å². The summed E-state index contributed by atoms with van der Waals surface area (Å²) in [6.45, 7) is 8.04. The molecule has 7 nitrogen and oxygen atoms in total. The maximum Gasteiger partial charge on any atom is 0.494 e. The van der Waals surface area contributed by atoms with Crippen LogP contribution in [0.3, 0.4) is 0 Å². The second-order valence-electron chi connectivity index (χ2n) is 8.97. The van der Waals surface area contributed by atoms with Crippen molar-refractivity contribution in [2.75, 3.05) is 6.61 Å². The van der Waals surface area contributed by atoms with Crippen LogP contribution >= 0.6 is 0 Å². The molecule has 1 saturated heterocycles. The van der Waals surface area contributed by atoms with Crippen LogP contribution in [0.5, 0.6) is 0 Å². The van der Waals surface area contributed by atoms with Gasteiger partial charge in [-0.1, -0.05) is 54.6 Å². The molecule has 0 spiro atoms. The van der Waals surface area contributed by atoms with Crippen molar-refractivity contribution in [3.05, 3.63) is 65.7 Å². The predicted molar refractivity (Wildman–Crippen MR) is 122 cm³/mol. The summed E-state index contributed by atoms with van der Waals surface area (Å²) in [4.78, 5) is 23.8. The standard InChI is InChI=1S/C24H30BNO6/c1-23(2)24(3,4)32-25(31-23)19-12-10-17(11-13-19)14-20(22(28)29)26-21(27)16-30-15-18-8-6-5-7-9-18/h5-13,20H,14-16H2,1-4H3,(H,26,27)(H,28,29)/t20-/m0/s1. The fourth-order valence-corrected chi connectivity index (χ4v) is 3.30. The number of aliphatic carboxylic acids is 1. The van der Waals surface area contributed by atoms with Gasteiger partial charge in [0.1, 0.15) is 12.6 Å². The van der Waals surface area contributed by atoms with Gasteiger partial charge in [0.25, 0.3) is 0 Å². The van der Waals surface area contributed by atoms with Crippen molar-refractivity contribution in [2.24, 2.45) is 0 Å². The van der Waals surface area contributed by atoms with Gasteiger partial charge in [-0.05, 0) is 44.3 Å². The van der Waals surface area contributed by atoms with Crippen LogP contribution in [0.1, 0.15) is 38.8 Å². The van der Waals surface area contributed by atoms with Gasteiger partial charge in [-0.15, -0.1) is 0 Å². The number of nitrogens with one attached hydrogen (secondary N) is 1. The quantitative estimate of drug-likeness (QED) is 0.583. The van der Waals surface area contributed by atoms with E-state index in [4.69, 9.17) is 14.0 Å². The van der Waals surface area contributed by atoms with Crippen molar-refractivity contribution < 1.29 is 28.7 Å². The zero-order valence-electron chi connectivity index (χ0n) is 19.0. The van der Waals surface area contributed by atoms with Crippen molar-refractivity contribution in [1.29, 1.82) is 0 Å². The third-order valence-electron chi connectivity index (χ3n) is 5.92. The van der Waals surface area contributed by atoms with Crippen LogP contribution in [-0.4, -0.2) is 48.0 Å².